The quantitative estimate of drug-likeness (QED) is 0.0149. The number of unbranched alkanes of at least 4 members (excludes halogenated alkanes) is 38. The number of allylic oxidation sites excluding steroid dienone is 13. The molecular weight excluding hydrogens is 1050 g/mol. The maximum atomic E-state index is 13.4. The summed E-state index contributed by atoms with van der Waals surface area (Å²) in [5.74, 6) is -1.24. The minimum absolute atomic E-state index is 0.118. The van der Waals surface area contributed by atoms with Crippen molar-refractivity contribution >= 4 is 11.9 Å². The summed E-state index contributed by atoms with van der Waals surface area (Å²) in [6.45, 7) is 5.64. The molecule has 11 heteroatoms. The van der Waals surface area contributed by atoms with Crippen molar-refractivity contribution in [2.45, 2.75) is 352 Å². The van der Waals surface area contributed by atoms with Gasteiger partial charge in [0.25, 0.3) is 0 Å². The lowest BCUT2D eigenvalue weighted by atomic mass is 9.99. The van der Waals surface area contributed by atoms with Crippen LogP contribution in [0.15, 0.2) is 85.1 Å². The average molecular weight is 1180 g/mol. The van der Waals surface area contributed by atoms with Gasteiger partial charge in [0.05, 0.1) is 25.4 Å². The molecule has 0 aromatic carbocycles. The van der Waals surface area contributed by atoms with Crippen LogP contribution < -0.4 is 5.32 Å². The molecule has 1 heterocycles. The van der Waals surface area contributed by atoms with E-state index in [9.17, 15) is 35.1 Å². The van der Waals surface area contributed by atoms with Crippen LogP contribution in [0.2, 0.25) is 0 Å². The van der Waals surface area contributed by atoms with E-state index in [4.69, 9.17) is 14.2 Å². The Morgan fingerprint density at radius 3 is 1.29 bits per heavy atom. The third-order valence-corrected chi connectivity index (χ3v) is 16.2. The number of aliphatic hydroxyl groups excluding tert-OH is 5. The number of nitrogens with one attached hydrogen (secondary N) is 1. The van der Waals surface area contributed by atoms with Crippen molar-refractivity contribution in [1.29, 1.82) is 0 Å². The Labute approximate surface area is 514 Å². The molecule has 0 aromatic rings. The molecule has 8 unspecified atom stereocenters. The van der Waals surface area contributed by atoms with Crippen LogP contribution in [0.4, 0.5) is 0 Å². The minimum Gasteiger partial charge on any atom is -0.454 e. The molecule has 1 amide bonds. The average Bonchev–Trinajstić information content (AvgIpc) is 3.54. The molecule has 6 N–H and O–H groups in total. The van der Waals surface area contributed by atoms with Crippen LogP contribution in [-0.4, -0.2) is 99.6 Å². The van der Waals surface area contributed by atoms with Gasteiger partial charge in [0.15, 0.2) is 12.4 Å². The normalized spacial score (nSPS) is 19.0. The third-order valence-electron chi connectivity index (χ3n) is 16.2. The molecule has 0 spiro atoms. The standard InChI is InChI=1S/C73H129NO10/c1-4-7-10-13-16-19-22-25-27-29-30-31-32-33-34-35-36-37-38-39-41-43-46-49-52-55-58-61-68(78)84-71-70(80)69(79)67(62-75)83-73(71)82-63-64(65(76)59-56-53-50-47-44-24-21-18-15-12-9-6-3)74-72(81)66(77)60-57-54-51-48-45-42-40-28-26-23-20-17-14-11-8-5-2/h8,11,14,17,20,23,26,28,40,42,45,48,56,59,64-67,69-71,73,75-77,79-80H,4-7,9-10,12-13,15-16,18-19,21-22,24-25,27,29-39,41,43-44,46-47,49-55,57-58,60-63H2,1-3H3,(H,74,81)/b11-8-,17-14+,23-20+,28-26-,42-40+,48-45+,59-56+. The van der Waals surface area contributed by atoms with E-state index in [1.165, 1.54) is 193 Å². The molecule has 8 atom stereocenters. The van der Waals surface area contributed by atoms with Gasteiger partial charge in [-0.3, -0.25) is 9.59 Å². The Morgan fingerprint density at radius 2 is 0.857 bits per heavy atom. The van der Waals surface area contributed by atoms with E-state index in [2.05, 4.69) is 32.2 Å². The molecule has 11 nitrogen and oxygen atoms in total. The maximum absolute atomic E-state index is 13.4. The van der Waals surface area contributed by atoms with Gasteiger partial charge in [-0.05, 0) is 44.9 Å². The van der Waals surface area contributed by atoms with Crippen molar-refractivity contribution < 1.29 is 49.3 Å². The Morgan fingerprint density at radius 1 is 0.476 bits per heavy atom. The van der Waals surface area contributed by atoms with Gasteiger partial charge in [0, 0.05) is 6.42 Å². The SMILES string of the molecule is CC\C=C/C=C/C=C/C=C\C=C\C=C\CCCCC(O)C(=O)NC(COC1OC(CO)C(O)C(O)C1OC(=O)CCCCCCCCCCCCCCCCCCCCCCCCCCCCC)C(O)/C=C/CCCCCCCCCCCC. The van der Waals surface area contributed by atoms with Gasteiger partial charge in [-0.15, -0.1) is 0 Å². The number of esters is 1. The highest BCUT2D eigenvalue weighted by molar-refractivity contribution is 5.80. The second-order valence-corrected chi connectivity index (χ2v) is 24.0. The Balaban J connectivity index is 2.56. The van der Waals surface area contributed by atoms with E-state index >= 15 is 0 Å². The fraction of sp³-hybridized carbons (Fsp3) is 0.781. The van der Waals surface area contributed by atoms with Crippen LogP contribution in [0.1, 0.15) is 303 Å². The van der Waals surface area contributed by atoms with E-state index in [0.29, 0.717) is 12.8 Å². The second kappa shape index (κ2) is 60.1. The summed E-state index contributed by atoms with van der Waals surface area (Å²) in [5, 5.41) is 57.1. The number of carbonyl (C=O) groups excluding carboxylic acids is 2. The van der Waals surface area contributed by atoms with Crippen molar-refractivity contribution in [3.05, 3.63) is 85.1 Å². The largest absolute Gasteiger partial charge is 0.454 e. The summed E-state index contributed by atoms with van der Waals surface area (Å²) in [6.07, 6.45) is 69.3. The van der Waals surface area contributed by atoms with E-state index in [0.717, 1.165) is 64.2 Å². The lowest BCUT2D eigenvalue weighted by molar-refractivity contribution is -0.305. The van der Waals surface area contributed by atoms with Crippen LogP contribution in [0.25, 0.3) is 0 Å². The summed E-state index contributed by atoms with van der Waals surface area (Å²) >= 11 is 0. The third kappa shape index (κ3) is 47.0. The number of carbonyl (C=O) groups is 2. The van der Waals surface area contributed by atoms with E-state index in [1.54, 1.807) is 6.08 Å². The zero-order valence-corrected chi connectivity index (χ0v) is 54.0. The number of aliphatic hydroxyl groups is 5. The highest BCUT2D eigenvalue weighted by Gasteiger charge is 2.47. The van der Waals surface area contributed by atoms with Crippen molar-refractivity contribution in [2.24, 2.45) is 0 Å². The zero-order valence-electron chi connectivity index (χ0n) is 54.0. The predicted octanol–water partition coefficient (Wildman–Crippen LogP) is 17.7. The van der Waals surface area contributed by atoms with Crippen molar-refractivity contribution in [3.63, 3.8) is 0 Å². The first-order valence-electron chi connectivity index (χ1n) is 34.9. The van der Waals surface area contributed by atoms with Crippen LogP contribution in [0.3, 0.4) is 0 Å². The van der Waals surface area contributed by atoms with E-state index in [1.807, 2.05) is 72.9 Å². The molecule has 1 fully saturated rings. The molecule has 0 saturated carbocycles. The van der Waals surface area contributed by atoms with E-state index < -0.39 is 67.4 Å². The highest BCUT2D eigenvalue weighted by atomic mass is 16.7. The maximum Gasteiger partial charge on any atom is 0.306 e. The summed E-state index contributed by atoms with van der Waals surface area (Å²) in [6, 6.07) is -1.05. The fourth-order valence-electron chi connectivity index (χ4n) is 10.7. The Hall–Kier alpha value is -3.16. The Bertz CT molecular complexity index is 1690. The molecule has 0 aromatic heterocycles. The lowest BCUT2D eigenvalue weighted by Gasteiger charge is -2.41. The highest BCUT2D eigenvalue weighted by Crippen LogP contribution is 2.26. The Kier molecular flexibility index (Phi) is 56.5. The van der Waals surface area contributed by atoms with Crippen molar-refractivity contribution in [3.8, 4) is 0 Å². The first kappa shape index (κ1) is 78.9. The summed E-state index contributed by atoms with van der Waals surface area (Å²) in [7, 11) is 0. The number of rotatable bonds is 59. The second-order valence-electron chi connectivity index (χ2n) is 24.0. The smallest absolute Gasteiger partial charge is 0.306 e. The van der Waals surface area contributed by atoms with Crippen molar-refractivity contribution in [2.75, 3.05) is 13.2 Å². The molecule has 84 heavy (non-hydrogen) atoms. The molecule has 0 aliphatic carbocycles. The fourth-order valence-corrected chi connectivity index (χ4v) is 10.7. The van der Waals surface area contributed by atoms with Crippen LogP contribution in [-0.2, 0) is 23.8 Å². The molecule has 486 valence electrons. The first-order valence-corrected chi connectivity index (χ1v) is 34.9. The number of amides is 1. The molecule has 1 aliphatic rings. The van der Waals surface area contributed by atoms with Gasteiger partial charge < -0.3 is 45.1 Å². The minimum atomic E-state index is -1.62. The molecule has 1 saturated heterocycles. The van der Waals surface area contributed by atoms with Gasteiger partial charge in [-0.25, -0.2) is 0 Å². The summed E-state index contributed by atoms with van der Waals surface area (Å²) in [4.78, 5) is 26.6. The van der Waals surface area contributed by atoms with Gasteiger partial charge >= 0.3 is 5.97 Å². The van der Waals surface area contributed by atoms with Gasteiger partial charge in [-0.2, -0.15) is 0 Å². The monoisotopic (exact) mass is 1180 g/mol. The van der Waals surface area contributed by atoms with Gasteiger partial charge in [-0.1, -0.05) is 337 Å². The summed E-state index contributed by atoms with van der Waals surface area (Å²) < 4.78 is 17.7. The molecule has 1 rings (SSSR count). The number of hydrogen-bond acceptors (Lipinski definition) is 10. The predicted molar refractivity (Wildman–Crippen MR) is 352 cm³/mol. The molecule has 0 bridgehead atoms. The van der Waals surface area contributed by atoms with Crippen LogP contribution >= 0.6 is 0 Å². The molecule has 0 radical (unpaired) electrons. The van der Waals surface area contributed by atoms with Crippen LogP contribution in [0, 0.1) is 0 Å². The van der Waals surface area contributed by atoms with Crippen LogP contribution in [0.5, 0.6) is 0 Å². The first-order chi connectivity index (χ1) is 41.2. The zero-order chi connectivity index (χ0) is 61.0. The number of hydrogen-bond donors (Lipinski definition) is 6. The summed E-state index contributed by atoms with van der Waals surface area (Å²) in [5.41, 5.74) is 0. The van der Waals surface area contributed by atoms with Crippen molar-refractivity contribution in [1.82, 2.24) is 5.32 Å². The molecular formula is C73H129NO10. The topological polar surface area (TPSA) is 175 Å². The lowest BCUT2D eigenvalue weighted by Crippen LogP contribution is -2.61. The van der Waals surface area contributed by atoms with E-state index in [-0.39, 0.29) is 19.4 Å². The number of ether oxygens (including phenoxy) is 3. The molecule has 1 aliphatic heterocycles. The van der Waals surface area contributed by atoms with Gasteiger partial charge in [0.2, 0.25) is 5.91 Å². The van der Waals surface area contributed by atoms with Gasteiger partial charge in [0.1, 0.15) is 24.4 Å².